The molecule has 1 rings (SSSR count). The number of anilines is 1. The molecule has 0 fully saturated rings. The van der Waals surface area contributed by atoms with Crippen molar-refractivity contribution in [2.45, 2.75) is 39.4 Å². The molecule has 0 aromatic carbocycles. The standard InChI is InChI=1S/C11H17F3N4O/c1-4-7-8(15)9(17-16-7)10(19)18(6(2)3)5-11(12,13)14/h6H,4-5,15H2,1-3H3,(H,16,17). The van der Waals surface area contributed by atoms with Crippen LogP contribution in [-0.2, 0) is 6.42 Å². The second-order valence-corrected chi connectivity index (χ2v) is 4.46. The van der Waals surface area contributed by atoms with Gasteiger partial charge in [-0.3, -0.25) is 9.89 Å². The molecule has 0 radical (unpaired) electrons. The van der Waals surface area contributed by atoms with Gasteiger partial charge in [-0.1, -0.05) is 6.92 Å². The van der Waals surface area contributed by atoms with Crippen LogP contribution in [-0.4, -0.2) is 39.8 Å². The minimum absolute atomic E-state index is 0.111. The van der Waals surface area contributed by atoms with Crippen LogP contribution in [0.4, 0.5) is 18.9 Å². The number of rotatable bonds is 4. The fourth-order valence-electron chi connectivity index (χ4n) is 1.64. The molecule has 0 saturated carbocycles. The Hall–Kier alpha value is -1.73. The second kappa shape index (κ2) is 5.50. The van der Waals surface area contributed by atoms with E-state index in [-0.39, 0.29) is 11.4 Å². The van der Waals surface area contributed by atoms with Gasteiger partial charge in [0.1, 0.15) is 6.54 Å². The minimum Gasteiger partial charge on any atom is -0.395 e. The molecule has 0 unspecified atom stereocenters. The van der Waals surface area contributed by atoms with Gasteiger partial charge in [-0.05, 0) is 20.3 Å². The van der Waals surface area contributed by atoms with Crippen molar-refractivity contribution in [3.05, 3.63) is 11.4 Å². The molecule has 1 heterocycles. The number of hydrogen-bond acceptors (Lipinski definition) is 3. The maximum absolute atomic E-state index is 12.5. The van der Waals surface area contributed by atoms with Crippen molar-refractivity contribution in [3.63, 3.8) is 0 Å². The number of nitrogens with zero attached hydrogens (tertiary/aromatic N) is 2. The summed E-state index contributed by atoms with van der Waals surface area (Å²) in [5.74, 6) is -0.819. The summed E-state index contributed by atoms with van der Waals surface area (Å²) in [7, 11) is 0. The maximum Gasteiger partial charge on any atom is 0.406 e. The van der Waals surface area contributed by atoms with Gasteiger partial charge in [0, 0.05) is 6.04 Å². The summed E-state index contributed by atoms with van der Waals surface area (Å²) in [5, 5.41) is 6.27. The molecule has 108 valence electrons. The molecule has 8 heteroatoms. The zero-order chi connectivity index (χ0) is 14.8. The van der Waals surface area contributed by atoms with E-state index in [1.807, 2.05) is 0 Å². The van der Waals surface area contributed by atoms with Crippen LogP contribution in [0.25, 0.3) is 0 Å². The van der Waals surface area contributed by atoms with E-state index in [4.69, 9.17) is 5.73 Å². The van der Waals surface area contributed by atoms with Crippen LogP contribution in [0.15, 0.2) is 0 Å². The number of alkyl halides is 3. The van der Waals surface area contributed by atoms with E-state index in [9.17, 15) is 18.0 Å². The quantitative estimate of drug-likeness (QED) is 0.884. The fourth-order valence-corrected chi connectivity index (χ4v) is 1.64. The lowest BCUT2D eigenvalue weighted by Gasteiger charge is -2.27. The van der Waals surface area contributed by atoms with Gasteiger partial charge in [-0.25, -0.2) is 0 Å². The van der Waals surface area contributed by atoms with Crippen molar-refractivity contribution in [3.8, 4) is 0 Å². The van der Waals surface area contributed by atoms with E-state index in [0.29, 0.717) is 17.0 Å². The van der Waals surface area contributed by atoms with Gasteiger partial charge in [0.15, 0.2) is 5.69 Å². The van der Waals surface area contributed by atoms with E-state index in [0.717, 1.165) is 0 Å². The number of carbonyl (C=O) groups is 1. The number of aryl methyl sites for hydroxylation is 1. The molecule has 3 N–H and O–H groups in total. The Morgan fingerprint density at radius 3 is 2.42 bits per heavy atom. The van der Waals surface area contributed by atoms with Crippen LogP contribution in [0.5, 0.6) is 0 Å². The van der Waals surface area contributed by atoms with Gasteiger partial charge >= 0.3 is 6.18 Å². The summed E-state index contributed by atoms with van der Waals surface area (Å²) >= 11 is 0. The zero-order valence-electron chi connectivity index (χ0n) is 11.0. The minimum atomic E-state index is -4.46. The van der Waals surface area contributed by atoms with Crippen LogP contribution in [0.3, 0.4) is 0 Å². The van der Waals surface area contributed by atoms with Crippen LogP contribution in [0, 0.1) is 0 Å². The van der Waals surface area contributed by atoms with Crippen LogP contribution in [0.1, 0.15) is 37.0 Å². The third-order valence-corrected chi connectivity index (χ3v) is 2.67. The van der Waals surface area contributed by atoms with Crippen LogP contribution in [0.2, 0.25) is 0 Å². The molecule has 5 nitrogen and oxygen atoms in total. The van der Waals surface area contributed by atoms with Gasteiger partial charge in [0.05, 0.1) is 11.4 Å². The van der Waals surface area contributed by atoms with Crippen molar-refractivity contribution in [1.82, 2.24) is 15.1 Å². The number of nitrogen functional groups attached to an aromatic ring is 1. The molecule has 1 amide bonds. The highest BCUT2D eigenvalue weighted by atomic mass is 19.4. The number of hydrogen-bond donors (Lipinski definition) is 2. The number of nitrogens with two attached hydrogens (primary N) is 1. The first kappa shape index (κ1) is 15.3. The van der Waals surface area contributed by atoms with E-state index < -0.39 is 24.7 Å². The Morgan fingerprint density at radius 2 is 2.05 bits per heavy atom. The third kappa shape index (κ3) is 3.62. The molecular formula is C11H17F3N4O. The predicted octanol–water partition coefficient (Wildman–Crippen LogP) is 1.97. The molecule has 0 atom stereocenters. The largest absolute Gasteiger partial charge is 0.406 e. The average molecular weight is 278 g/mol. The smallest absolute Gasteiger partial charge is 0.395 e. The number of H-pyrrole nitrogens is 1. The van der Waals surface area contributed by atoms with Crippen molar-refractivity contribution in [1.29, 1.82) is 0 Å². The molecule has 1 aromatic rings. The van der Waals surface area contributed by atoms with E-state index in [1.165, 1.54) is 13.8 Å². The van der Waals surface area contributed by atoms with Crippen molar-refractivity contribution in [2.24, 2.45) is 0 Å². The van der Waals surface area contributed by atoms with Crippen LogP contribution >= 0.6 is 0 Å². The second-order valence-electron chi connectivity index (χ2n) is 4.46. The molecule has 0 aliphatic carbocycles. The summed E-state index contributed by atoms with van der Waals surface area (Å²) in [6.45, 7) is 3.49. The molecular weight excluding hydrogens is 261 g/mol. The number of amides is 1. The van der Waals surface area contributed by atoms with E-state index in [1.54, 1.807) is 6.92 Å². The summed E-state index contributed by atoms with van der Waals surface area (Å²) < 4.78 is 37.4. The number of nitrogens with one attached hydrogen (secondary N) is 1. The molecule has 1 aromatic heterocycles. The Morgan fingerprint density at radius 1 is 1.47 bits per heavy atom. The fraction of sp³-hybridized carbons (Fsp3) is 0.636. The number of halogens is 3. The molecule has 0 saturated heterocycles. The molecule has 0 aliphatic heterocycles. The Balaban J connectivity index is 3.03. The molecule has 0 aliphatic rings. The monoisotopic (exact) mass is 278 g/mol. The first-order valence-electron chi connectivity index (χ1n) is 5.87. The van der Waals surface area contributed by atoms with Gasteiger partial charge < -0.3 is 10.6 Å². The van der Waals surface area contributed by atoms with Crippen molar-refractivity contribution < 1.29 is 18.0 Å². The van der Waals surface area contributed by atoms with Crippen LogP contribution < -0.4 is 5.73 Å². The molecule has 19 heavy (non-hydrogen) atoms. The Kier molecular flexibility index (Phi) is 4.43. The summed E-state index contributed by atoms with van der Waals surface area (Å²) in [6, 6.07) is -0.602. The Labute approximate surface area is 109 Å². The van der Waals surface area contributed by atoms with Crippen molar-refractivity contribution >= 4 is 11.6 Å². The highest BCUT2D eigenvalue weighted by Gasteiger charge is 2.36. The van der Waals surface area contributed by atoms with Gasteiger partial charge in [-0.15, -0.1) is 0 Å². The normalized spacial score (nSPS) is 11.9. The van der Waals surface area contributed by atoms with E-state index >= 15 is 0 Å². The molecule has 0 bridgehead atoms. The summed E-state index contributed by atoms with van der Waals surface area (Å²) in [6.07, 6.45) is -3.94. The SMILES string of the molecule is CCc1[nH]nc(C(=O)N(CC(F)(F)F)C(C)C)c1N. The van der Waals surface area contributed by atoms with Crippen molar-refractivity contribution in [2.75, 3.05) is 12.3 Å². The van der Waals surface area contributed by atoms with E-state index in [2.05, 4.69) is 10.2 Å². The zero-order valence-corrected chi connectivity index (χ0v) is 11.0. The number of carbonyl (C=O) groups excluding carboxylic acids is 1. The topological polar surface area (TPSA) is 75.0 Å². The third-order valence-electron chi connectivity index (χ3n) is 2.67. The molecule has 0 spiro atoms. The Bertz CT molecular complexity index is 453. The highest BCUT2D eigenvalue weighted by molar-refractivity contribution is 5.97. The van der Waals surface area contributed by atoms with Gasteiger partial charge in [-0.2, -0.15) is 18.3 Å². The summed E-state index contributed by atoms with van der Waals surface area (Å²) in [5.41, 5.74) is 6.19. The maximum atomic E-state index is 12.5. The number of aromatic amines is 1. The predicted molar refractivity (Wildman–Crippen MR) is 64.6 cm³/mol. The van der Waals surface area contributed by atoms with Gasteiger partial charge in [0.25, 0.3) is 5.91 Å². The lowest BCUT2D eigenvalue weighted by atomic mass is 10.2. The number of aromatic nitrogens is 2. The highest BCUT2D eigenvalue weighted by Crippen LogP contribution is 2.22. The first-order valence-corrected chi connectivity index (χ1v) is 5.87. The lowest BCUT2D eigenvalue weighted by Crippen LogP contribution is -2.43. The lowest BCUT2D eigenvalue weighted by molar-refractivity contribution is -0.143. The first-order chi connectivity index (χ1) is 8.67. The van der Waals surface area contributed by atoms with Gasteiger partial charge in [0.2, 0.25) is 0 Å². The summed E-state index contributed by atoms with van der Waals surface area (Å²) in [4.78, 5) is 12.8. The average Bonchev–Trinajstić information content (AvgIpc) is 2.65.